The molecule has 0 spiro atoms. The molecule has 0 saturated heterocycles. The zero-order valence-electron chi connectivity index (χ0n) is 7.81. The van der Waals surface area contributed by atoms with Gasteiger partial charge in [0.25, 0.3) is 5.91 Å². The van der Waals surface area contributed by atoms with Crippen molar-refractivity contribution in [1.29, 1.82) is 0 Å². The fourth-order valence-electron chi connectivity index (χ4n) is 1.08. The number of alkyl halides is 1. The summed E-state index contributed by atoms with van der Waals surface area (Å²) in [4.78, 5) is 11.6. The van der Waals surface area contributed by atoms with E-state index in [1.54, 1.807) is 6.07 Å². The van der Waals surface area contributed by atoms with Crippen LogP contribution in [-0.4, -0.2) is 17.8 Å². The van der Waals surface area contributed by atoms with Gasteiger partial charge in [-0.25, -0.2) is 0 Å². The number of nitrogens with one attached hydrogen (secondary N) is 1. The third-order valence-corrected chi connectivity index (χ3v) is 3.27. The maximum absolute atomic E-state index is 11.6. The van der Waals surface area contributed by atoms with Crippen molar-refractivity contribution < 1.29 is 4.79 Å². The van der Waals surface area contributed by atoms with E-state index >= 15 is 0 Å². The lowest BCUT2D eigenvalue weighted by Gasteiger charge is -2.06. The van der Waals surface area contributed by atoms with Gasteiger partial charge in [-0.05, 0) is 34.5 Å². The molecule has 76 valence electrons. The smallest absolute Gasteiger partial charge is 0.252 e. The molecular weight excluding hydrogens is 310 g/mol. The van der Waals surface area contributed by atoms with E-state index in [1.807, 2.05) is 19.1 Å². The van der Waals surface area contributed by atoms with Crippen molar-refractivity contribution >= 4 is 37.8 Å². The van der Waals surface area contributed by atoms with E-state index in [0.29, 0.717) is 12.1 Å². The van der Waals surface area contributed by atoms with Crippen LogP contribution in [-0.2, 0) is 0 Å². The first kappa shape index (κ1) is 11.7. The molecule has 1 amide bonds. The van der Waals surface area contributed by atoms with Gasteiger partial charge in [0.15, 0.2) is 0 Å². The molecule has 1 aromatic rings. The molecule has 0 aromatic heterocycles. The minimum absolute atomic E-state index is 0.0416. The Morgan fingerprint density at radius 3 is 2.86 bits per heavy atom. The van der Waals surface area contributed by atoms with Crippen molar-refractivity contribution in [3.63, 3.8) is 0 Å². The molecule has 14 heavy (non-hydrogen) atoms. The third-order valence-electron chi connectivity index (χ3n) is 1.82. The van der Waals surface area contributed by atoms with Gasteiger partial charge in [-0.2, -0.15) is 0 Å². The van der Waals surface area contributed by atoms with Crippen molar-refractivity contribution in [3.05, 3.63) is 33.8 Å². The van der Waals surface area contributed by atoms with Gasteiger partial charge in [0.2, 0.25) is 0 Å². The number of amides is 1. The molecule has 0 aliphatic carbocycles. The molecule has 0 unspecified atom stereocenters. The molecule has 0 fully saturated rings. The maximum Gasteiger partial charge on any atom is 0.252 e. The average molecular weight is 321 g/mol. The third kappa shape index (κ3) is 2.82. The van der Waals surface area contributed by atoms with E-state index in [0.717, 1.165) is 15.4 Å². The average Bonchev–Trinajstić information content (AvgIpc) is 2.18. The normalized spacial score (nSPS) is 9.93. The summed E-state index contributed by atoms with van der Waals surface area (Å²) in [7, 11) is 0. The summed E-state index contributed by atoms with van der Waals surface area (Å²) in [5.74, 6) is -0.0416. The fraction of sp³-hybridized carbons (Fsp3) is 0.300. The molecule has 1 rings (SSSR count). The summed E-state index contributed by atoms with van der Waals surface area (Å²) in [6.45, 7) is 2.60. The number of benzene rings is 1. The number of aryl methyl sites for hydroxylation is 1. The topological polar surface area (TPSA) is 29.1 Å². The van der Waals surface area contributed by atoms with Crippen LogP contribution in [0.3, 0.4) is 0 Å². The molecule has 2 nitrogen and oxygen atoms in total. The van der Waals surface area contributed by atoms with Crippen LogP contribution in [0.1, 0.15) is 15.9 Å². The van der Waals surface area contributed by atoms with Gasteiger partial charge >= 0.3 is 0 Å². The molecule has 0 saturated carbocycles. The van der Waals surface area contributed by atoms with E-state index in [9.17, 15) is 4.79 Å². The van der Waals surface area contributed by atoms with E-state index in [-0.39, 0.29) is 5.91 Å². The van der Waals surface area contributed by atoms with Crippen LogP contribution in [0.5, 0.6) is 0 Å². The number of carbonyl (C=O) groups is 1. The molecule has 1 aromatic carbocycles. The highest BCUT2D eigenvalue weighted by atomic mass is 79.9. The highest BCUT2D eigenvalue weighted by Crippen LogP contribution is 2.20. The highest BCUT2D eigenvalue weighted by molar-refractivity contribution is 9.10. The molecule has 0 aliphatic heterocycles. The number of carbonyl (C=O) groups excluding carboxylic acids is 1. The minimum Gasteiger partial charge on any atom is -0.351 e. The van der Waals surface area contributed by atoms with E-state index in [4.69, 9.17) is 0 Å². The van der Waals surface area contributed by atoms with Crippen molar-refractivity contribution in [2.45, 2.75) is 6.92 Å². The molecule has 0 radical (unpaired) electrons. The Balaban J connectivity index is 2.84. The number of hydrogen-bond acceptors (Lipinski definition) is 1. The quantitative estimate of drug-likeness (QED) is 0.852. The van der Waals surface area contributed by atoms with Gasteiger partial charge in [-0.1, -0.05) is 28.1 Å². The molecular formula is C10H11Br2NO. The van der Waals surface area contributed by atoms with Gasteiger partial charge in [-0.3, -0.25) is 4.79 Å². The first-order valence-corrected chi connectivity index (χ1v) is 6.17. The second-order valence-electron chi connectivity index (χ2n) is 2.88. The zero-order chi connectivity index (χ0) is 10.6. The van der Waals surface area contributed by atoms with Crippen LogP contribution in [0, 0.1) is 6.92 Å². The molecule has 0 atom stereocenters. The Labute approximate surface area is 100 Å². The summed E-state index contributed by atoms with van der Waals surface area (Å²) < 4.78 is 0.868. The summed E-state index contributed by atoms with van der Waals surface area (Å²) in [5.41, 5.74) is 1.75. The first-order valence-electron chi connectivity index (χ1n) is 4.26. The molecule has 0 heterocycles. The Hall–Kier alpha value is -0.350. The van der Waals surface area contributed by atoms with Crippen molar-refractivity contribution in [3.8, 4) is 0 Å². The van der Waals surface area contributed by atoms with Crippen LogP contribution in [0.25, 0.3) is 0 Å². The lowest BCUT2D eigenvalue weighted by Crippen LogP contribution is -2.25. The van der Waals surface area contributed by atoms with Crippen LogP contribution < -0.4 is 5.32 Å². The Kier molecular flexibility index (Phi) is 4.62. The molecule has 0 bridgehead atoms. The summed E-state index contributed by atoms with van der Waals surface area (Å²) in [5, 5.41) is 3.57. The first-order chi connectivity index (χ1) is 6.66. The number of rotatable bonds is 3. The molecule has 1 N–H and O–H groups in total. The van der Waals surface area contributed by atoms with Crippen LogP contribution in [0.4, 0.5) is 0 Å². The van der Waals surface area contributed by atoms with Gasteiger partial charge in [0.1, 0.15) is 0 Å². The number of halogens is 2. The van der Waals surface area contributed by atoms with E-state index in [2.05, 4.69) is 37.2 Å². The fourth-order valence-corrected chi connectivity index (χ4v) is 1.72. The lowest BCUT2D eigenvalue weighted by atomic mass is 10.1. The summed E-state index contributed by atoms with van der Waals surface area (Å²) in [6.07, 6.45) is 0. The van der Waals surface area contributed by atoms with E-state index < -0.39 is 0 Å². The predicted octanol–water partition coefficient (Wildman–Crippen LogP) is 2.88. The summed E-state index contributed by atoms with van der Waals surface area (Å²) in [6, 6.07) is 5.65. The largest absolute Gasteiger partial charge is 0.351 e. The molecule has 4 heteroatoms. The van der Waals surface area contributed by atoms with Crippen molar-refractivity contribution in [1.82, 2.24) is 5.32 Å². The maximum atomic E-state index is 11.6. The predicted molar refractivity (Wildman–Crippen MR) is 65.0 cm³/mol. The molecule has 0 aliphatic rings. The summed E-state index contributed by atoms with van der Waals surface area (Å²) >= 11 is 6.66. The Bertz CT molecular complexity index is 339. The van der Waals surface area contributed by atoms with Crippen LogP contribution in [0.2, 0.25) is 0 Å². The zero-order valence-corrected chi connectivity index (χ0v) is 11.0. The van der Waals surface area contributed by atoms with Crippen LogP contribution >= 0.6 is 31.9 Å². The standard InChI is InChI=1S/C10H11Br2NO/c1-7-3-2-4-8(9(7)12)10(14)13-6-5-11/h2-4H,5-6H2,1H3,(H,13,14). The van der Waals surface area contributed by atoms with Gasteiger partial charge < -0.3 is 5.32 Å². The van der Waals surface area contributed by atoms with Gasteiger partial charge in [-0.15, -0.1) is 0 Å². The lowest BCUT2D eigenvalue weighted by molar-refractivity contribution is 0.0955. The van der Waals surface area contributed by atoms with Crippen molar-refractivity contribution in [2.75, 3.05) is 11.9 Å². The minimum atomic E-state index is -0.0416. The second kappa shape index (κ2) is 5.51. The van der Waals surface area contributed by atoms with Crippen molar-refractivity contribution in [2.24, 2.45) is 0 Å². The number of hydrogen-bond donors (Lipinski definition) is 1. The highest BCUT2D eigenvalue weighted by Gasteiger charge is 2.09. The SMILES string of the molecule is Cc1cccc(C(=O)NCCBr)c1Br. The van der Waals surface area contributed by atoms with Gasteiger partial charge in [0.05, 0.1) is 5.56 Å². The Morgan fingerprint density at radius 2 is 2.21 bits per heavy atom. The van der Waals surface area contributed by atoms with Gasteiger partial charge in [0, 0.05) is 16.3 Å². The van der Waals surface area contributed by atoms with E-state index in [1.165, 1.54) is 0 Å². The second-order valence-corrected chi connectivity index (χ2v) is 4.47. The van der Waals surface area contributed by atoms with Crippen LogP contribution in [0.15, 0.2) is 22.7 Å². The Morgan fingerprint density at radius 1 is 1.50 bits per heavy atom. The monoisotopic (exact) mass is 319 g/mol.